The third kappa shape index (κ3) is 1.88. The van der Waals surface area contributed by atoms with Crippen molar-refractivity contribution in [2.45, 2.75) is 5.88 Å². The predicted molar refractivity (Wildman–Crippen MR) is 54.4 cm³/mol. The van der Waals surface area contributed by atoms with Crippen LogP contribution in [0.25, 0.3) is 10.6 Å². The van der Waals surface area contributed by atoms with Gasteiger partial charge in [0.1, 0.15) is 5.69 Å². The Kier molecular flexibility index (Phi) is 2.58. The molecule has 0 atom stereocenters. The monoisotopic (exact) mass is 233 g/mol. The van der Waals surface area contributed by atoms with Crippen LogP contribution in [-0.4, -0.2) is 5.16 Å². The highest BCUT2D eigenvalue weighted by atomic mass is 35.5. The molecule has 0 saturated heterocycles. The van der Waals surface area contributed by atoms with Crippen molar-refractivity contribution in [3.05, 3.63) is 28.3 Å². The summed E-state index contributed by atoms with van der Waals surface area (Å²) in [5.74, 6) is 1.01. The highest BCUT2D eigenvalue weighted by Gasteiger charge is 2.07. The summed E-state index contributed by atoms with van der Waals surface area (Å²) in [5, 5.41) is 3.86. The van der Waals surface area contributed by atoms with Crippen LogP contribution in [0.2, 0.25) is 4.34 Å². The molecule has 5 heteroatoms. The summed E-state index contributed by atoms with van der Waals surface area (Å²) in [6.07, 6.45) is 0. The molecule has 0 bridgehead atoms. The topological polar surface area (TPSA) is 26.0 Å². The van der Waals surface area contributed by atoms with Crippen molar-refractivity contribution in [2.75, 3.05) is 0 Å². The van der Waals surface area contributed by atoms with Gasteiger partial charge in [0.15, 0.2) is 5.76 Å². The number of rotatable bonds is 2. The number of nitrogens with zero attached hydrogens (tertiary/aromatic N) is 1. The van der Waals surface area contributed by atoms with Gasteiger partial charge in [0.25, 0.3) is 0 Å². The summed E-state index contributed by atoms with van der Waals surface area (Å²) < 4.78 is 5.70. The van der Waals surface area contributed by atoms with Crippen LogP contribution in [0.5, 0.6) is 0 Å². The fourth-order valence-electron chi connectivity index (χ4n) is 0.944. The Morgan fingerprint density at radius 2 is 2.31 bits per heavy atom. The van der Waals surface area contributed by atoms with Crippen molar-refractivity contribution < 1.29 is 4.52 Å². The second-order valence-electron chi connectivity index (χ2n) is 2.42. The first kappa shape index (κ1) is 9.06. The molecule has 2 nitrogen and oxygen atoms in total. The van der Waals surface area contributed by atoms with Crippen molar-refractivity contribution >= 4 is 34.5 Å². The Balaban J connectivity index is 2.35. The maximum absolute atomic E-state index is 5.79. The van der Waals surface area contributed by atoms with Crippen molar-refractivity contribution in [1.82, 2.24) is 5.16 Å². The van der Waals surface area contributed by atoms with E-state index in [0.717, 1.165) is 14.9 Å². The molecule has 68 valence electrons. The zero-order valence-corrected chi connectivity index (χ0v) is 8.79. The minimum atomic E-state index is 0.339. The Morgan fingerprint density at radius 1 is 1.46 bits per heavy atom. The first-order chi connectivity index (χ1) is 6.29. The van der Waals surface area contributed by atoms with Crippen LogP contribution >= 0.6 is 34.5 Å². The van der Waals surface area contributed by atoms with Gasteiger partial charge < -0.3 is 4.52 Å². The Bertz CT molecular complexity index is 410. The molecule has 0 unspecified atom stereocenters. The minimum Gasteiger partial charge on any atom is -0.359 e. The predicted octanol–water partition coefficient (Wildman–Crippen LogP) is 3.80. The lowest BCUT2D eigenvalue weighted by Crippen LogP contribution is -1.66. The third-order valence-corrected chi connectivity index (χ3v) is 3.03. The standard InChI is InChI=1S/C8H5Cl2NOS/c9-4-5-3-6(11-12-5)7-1-2-8(10)13-7/h1-3H,4H2. The summed E-state index contributed by atoms with van der Waals surface area (Å²) in [6.45, 7) is 0. The van der Waals surface area contributed by atoms with Gasteiger partial charge in [-0.25, -0.2) is 0 Å². The van der Waals surface area contributed by atoms with Gasteiger partial charge in [-0.1, -0.05) is 16.8 Å². The highest BCUT2D eigenvalue weighted by Crippen LogP contribution is 2.30. The second kappa shape index (κ2) is 3.70. The van der Waals surface area contributed by atoms with E-state index >= 15 is 0 Å². The number of thiophene rings is 1. The van der Waals surface area contributed by atoms with E-state index < -0.39 is 0 Å². The lowest BCUT2D eigenvalue weighted by molar-refractivity contribution is 0.396. The normalized spacial score (nSPS) is 10.6. The van der Waals surface area contributed by atoms with E-state index in [2.05, 4.69) is 5.16 Å². The van der Waals surface area contributed by atoms with Crippen LogP contribution in [0, 0.1) is 0 Å². The van der Waals surface area contributed by atoms with Gasteiger partial charge in [-0.05, 0) is 12.1 Å². The van der Waals surface area contributed by atoms with Crippen LogP contribution < -0.4 is 0 Å². The molecule has 13 heavy (non-hydrogen) atoms. The molecule has 0 aliphatic carbocycles. The number of hydrogen-bond donors (Lipinski definition) is 0. The van der Waals surface area contributed by atoms with E-state index in [1.54, 1.807) is 0 Å². The molecule has 0 amide bonds. The van der Waals surface area contributed by atoms with Crippen LogP contribution in [0.15, 0.2) is 22.7 Å². The van der Waals surface area contributed by atoms with Crippen molar-refractivity contribution in [1.29, 1.82) is 0 Å². The number of alkyl halides is 1. The maximum Gasteiger partial charge on any atom is 0.152 e. The first-order valence-corrected chi connectivity index (χ1v) is 5.30. The van der Waals surface area contributed by atoms with Crippen LogP contribution in [0.4, 0.5) is 0 Å². The molecule has 0 aliphatic heterocycles. The average Bonchev–Trinajstić information content (AvgIpc) is 2.71. The molecule has 0 aliphatic rings. The van der Waals surface area contributed by atoms with Gasteiger partial charge in [-0.2, -0.15) is 0 Å². The van der Waals surface area contributed by atoms with Crippen LogP contribution in [0.1, 0.15) is 5.76 Å². The minimum absolute atomic E-state index is 0.339. The van der Waals surface area contributed by atoms with Crippen molar-refractivity contribution in [2.24, 2.45) is 0 Å². The third-order valence-electron chi connectivity index (χ3n) is 1.52. The average molecular weight is 234 g/mol. The summed E-state index contributed by atoms with van der Waals surface area (Å²) in [6, 6.07) is 5.55. The molecule has 0 fully saturated rings. The molecule has 2 aromatic heterocycles. The molecule has 0 N–H and O–H groups in total. The smallest absolute Gasteiger partial charge is 0.152 e. The van der Waals surface area contributed by atoms with E-state index in [4.69, 9.17) is 27.7 Å². The zero-order chi connectivity index (χ0) is 9.26. The van der Waals surface area contributed by atoms with E-state index in [1.165, 1.54) is 11.3 Å². The van der Waals surface area contributed by atoms with Gasteiger partial charge in [0.05, 0.1) is 15.1 Å². The summed E-state index contributed by atoms with van der Waals surface area (Å²) in [5.41, 5.74) is 0.785. The van der Waals surface area contributed by atoms with Crippen LogP contribution in [-0.2, 0) is 5.88 Å². The molecule has 0 radical (unpaired) electrons. The molecular formula is C8H5Cl2NOS. The summed E-state index contributed by atoms with van der Waals surface area (Å²) in [4.78, 5) is 0.991. The first-order valence-electron chi connectivity index (χ1n) is 3.57. The Morgan fingerprint density at radius 3 is 2.85 bits per heavy atom. The van der Waals surface area contributed by atoms with E-state index in [1.807, 2.05) is 18.2 Å². The molecule has 2 rings (SSSR count). The molecular weight excluding hydrogens is 229 g/mol. The molecule has 2 aromatic rings. The molecule has 0 saturated carbocycles. The lowest BCUT2D eigenvalue weighted by Gasteiger charge is -1.82. The van der Waals surface area contributed by atoms with Gasteiger partial charge in [-0.15, -0.1) is 22.9 Å². The molecule has 2 heterocycles. The van der Waals surface area contributed by atoms with Gasteiger partial charge in [0, 0.05) is 6.07 Å². The van der Waals surface area contributed by atoms with Gasteiger partial charge in [-0.3, -0.25) is 0 Å². The summed E-state index contributed by atoms with van der Waals surface area (Å²) in [7, 11) is 0. The highest BCUT2D eigenvalue weighted by molar-refractivity contribution is 7.19. The number of halogens is 2. The fraction of sp³-hybridized carbons (Fsp3) is 0.125. The Labute approximate surface area is 89.1 Å². The number of aromatic nitrogens is 1. The van der Waals surface area contributed by atoms with Crippen LogP contribution in [0.3, 0.4) is 0 Å². The van der Waals surface area contributed by atoms with Crippen molar-refractivity contribution in [3.63, 3.8) is 0 Å². The van der Waals surface area contributed by atoms with Gasteiger partial charge in [0.2, 0.25) is 0 Å². The van der Waals surface area contributed by atoms with E-state index in [0.29, 0.717) is 11.6 Å². The van der Waals surface area contributed by atoms with E-state index in [-0.39, 0.29) is 0 Å². The maximum atomic E-state index is 5.79. The summed E-state index contributed by atoms with van der Waals surface area (Å²) >= 11 is 12.8. The Hall–Kier alpha value is -0.510. The zero-order valence-electron chi connectivity index (χ0n) is 6.46. The lowest BCUT2D eigenvalue weighted by atomic mass is 10.3. The molecule has 0 spiro atoms. The molecule has 0 aromatic carbocycles. The second-order valence-corrected chi connectivity index (χ2v) is 4.40. The number of hydrogen-bond acceptors (Lipinski definition) is 3. The largest absolute Gasteiger partial charge is 0.359 e. The van der Waals surface area contributed by atoms with E-state index in [9.17, 15) is 0 Å². The van der Waals surface area contributed by atoms with Gasteiger partial charge >= 0.3 is 0 Å². The quantitative estimate of drug-likeness (QED) is 0.738. The van der Waals surface area contributed by atoms with Crippen molar-refractivity contribution in [3.8, 4) is 10.6 Å². The SMILES string of the molecule is ClCc1cc(-c2ccc(Cl)s2)no1. The fourth-order valence-corrected chi connectivity index (χ4v) is 2.07.